The number of hydrogen-bond acceptors (Lipinski definition) is 3. The van der Waals surface area contributed by atoms with Crippen molar-refractivity contribution in [3.8, 4) is 0 Å². The second kappa shape index (κ2) is 5.80. The molecule has 2 N–H and O–H groups in total. The van der Waals surface area contributed by atoms with Crippen molar-refractivity contribution in [1.82, 2.24) is 4.90 Å². The fraction of sp³-hybridized carbons (Fsp3) is 0.462. The second-order valence-corrected chi connectivity index (χ2v) is 4.18. The molecule has 2 rings (SSSR count). The Kier molecular flexibility index (Phi) is 4.12. The quantitative estimate of drug-likeness (QED) is 0.828. The molecule has 17 heavy (non-hydrogen) atoms. The highest BCUT2D eigenvalue weighted by Gasteiger charge is 2.22. The number of carbonyl (C=O) groups is 1. The van der Waals surface area contributed by atoms with Crippen LogP contribution in [0.15, 0.2) is 30.3 Å². The van der Waals surface area contributed by atoms with Gasteiger partial charge in [0.1, 0.15) is 6.04 Å². The fourth-order valence-corrected chi connectivity index (χ4v) is 1.97. The lowest BCUT2D eigenvalue weighted by Gasteiger charge is -2.23. The first kappa shape index (κ1) is 12.1. The molecule has 0 saturated carbocycles. The summed E-state index contributed by atoms with van der Waals surface area (Å²) >= 11 is 0. The molecule has 1 aliphatic rings. The summed E-state index contributed by atoms with van der Waals surface area (Å²) in [5, 5.41) is 0. The van der Waals surface area contributed by atoms with Gasteiger partial charge >= 0.3 is 0 Å². The molecule has 0 spiro atoms. The molecule has 1 fully saturated rings. The normalized spacial score (nSPS) is 18.5. The smallest absolute Gasteiger partial charge is 0.244 e. The van der Waals surface area contributed by atoms with E-state index in [1.165, 1.54) is 0 Å². The average molecular weight is 234 g/mol. The third-order valence-corrected chi connectivity index (χ3v) is 2.96. The van der Waals surface area contributed by atoms with Gasteiger partial charge in [-0.1, -0.05) is 30.3 Å². The summed E-state index contributed by atoms with van der Waals surface area (Å²) in [5.74, 6) is -0.0123. The third-order valence-electron chi connectivity index (χ3n) is 2.96. The van der Waals surface area contributed by atoms with Crippen LogP contribution >= 0.6 is 0 Å². The molecule has 92 valence electrons. The van der Waals surface area contributed by atoms with Crippen LogP contribution in [-0.2, 0) is 9.53 Å². The summed E-state index contributed by atoms with van der Waals surface area (Å²) in [6.07, 6.45) is 0.882. The Labute approximate surface area is 101 Å². The van der Waals surface area contributed by atoms with Crippen LogP contribution in [0.3, 0.4) is 0 Å². The maximum atomic E-state index is 12.2. The molecule has 1 atom stereocenters. The number of hydrogen-bond donors (Lipinski definition) is 1. The maximum absolute atomic E-state index is 12.2. The zero-order chi connectivity index (χ0) is 12.1. The minimum Gasteiger partial charge on any atom is -0.380 e. The van der Waals surface area contributed by atoms with E-state index in [1.807, 2.05) is 30.3 Å². The molecule has 1 heterocycles. The minimum atomic E-state index is -0.561. The van der Waals surface area contributed by atoms with E-state index in [9.17, 15) is 4.79 Å². The third kappa shape index (κ3) is 3.05. The topological polar surface area (TPSA) is 55.6 Å². The van der Waals surface area contributed by atoms with Crippen molar-refractivity contribution in [2.75, 3.05) is 26.3 Å². The number of nitrogens with zero attached hydrogens (tertiary/aromatic N) is 1. The summed E-state index contributed by atoms with van der Waals surface area (Å²) < 4.78 is 5.33. The van der Waals surface area contributed by atoms with Crippen molar-refractivity contribution in [2.24, 2.45) is 5.73 Å². The molecule has 0 aliphatic carbocycles. The first-order valence-corrected chi connectivity index (χ1v) is 5.96. The van der Waals surface area contributed by atoms with Crippen molar-refractivity contribution < 1.29 is 9.53 Å². The van der Waals surface area contributed by atoms with Gasteiger partial charge in [0.2, 0.25) is 5.91 Å². The van der Waals surface area contributed by atoms with E-state index in [-0.39, 0.29) is 5.91 Å². The molecule has 4 heteroatoms. The van der Waals surface area contributed by atoms with E-state index in [0.29, 0.717) is 13.2 Å². The Morgan fingerprint density at radius 2 is 2.00 bits per heavy atom. The Bertz CT molecular complexity index is 359. The molecule has 1 aliphatic heterocycles. The molecule has 1 aromatic carbocycles. The van der Waals surface area contributed by atoms with E-state index in [0.717, 1.165) is 25.1 Å². The zero-order valence-electron chi connectivity index (χ0n) is 9.84. The van der Waals surface area contributed by atoms with Gasteiger partial charge in [-0.15, -0.1) is 0 Å². The minimum absolute atomic E-state index is 0.0123. The first-order valence-electron chi connectivity index (χ1n) is 5.96. The van der Waals surface area contributed by atoms with Crippen molar-refractivity contribution in [2.45, 2.75) is 12.5 Å². The van der Waals surface area contributed by atoms with Crippen LogP contribution in [0.4, 0.5) is 0 Å². The van der Waals surface area contributed by atoms with Crippen LogP contribution < -0.4 is 5.73 Å². The van der Waals surface area contributed by atoms with E-state index in [4.69, 9.17) is 10.5 Å². The SMILES string of the molecule is N[C@@H](C(=O)N1CCCOCC1)c1ccccc1. The van der Waals surface area contributed by atoms with Gasteiger partial charge < -0.3 is 15.4 Å². The van der Waals surface area contributed by atoms with Gasteiger partial charge in [-0.2, -0.15) is 0 Å². The molecular weight excluding hydrogens is 216 g/mol. The van der Waals surface area contributed by atoms with Gasteiger partial charge in [-0.3, -0.25) is 4.79 Å². The highest BCUT2D eigenvalue weighted by atomic mass is 16.5. The van der Waals surface area contributed by atoms with Crippen LogP contribution in [0, 0.1) is 0 Å². The second-order valence-electron chi connectivity index (χ2n) is 4.18. The number of amides is 1. The van der Waals surface area contributed by atoms with Gasteiger partial charge in [-0.05, 0) is 12.0 Å². The van der Waals surface area contributed by atoms with Crippen LogP contribution in [0.1, 0.15) is 18.0 Å². The van der Waals surface area contributed by atoms with Crippen molar-refractivity contribution >= 4 is 5.91 Å². The zero-order valence-corrected chi connectivity index (χ0v) is 9.84. The number of nitrogens with two attached hydrogens (primary N) is 1. The predicted octanol–water partition coefficient (Wildman–Crippen LogP) is 0.935. The maximum Gasteiger partial charge on any atom is 0.244 e. The van der Waals surface area contributed by atoms with Gasteiger partial charge in [0.05, 0.1) is 6.61 Å². The summed E-state index contributed by atoms with van der Waals surface area (Å²) in [4.78, 5) is 14.0. The number of ether oxygens (including phenoxy) is 1. The largest absolute Gasteiger partial charge is 0.380 e. The number of carbonyl (C=O) groups excluding carboxylic acids is 1. The molecule has 0 aromatic heterocycles. The van der Waals surface area contributed by atoms with Crippen LogP contribution in [0.2, 0.25) is 0 Å². The van der Waals surface area contributed by atoms with E-state index < -0.39 is 6.04 Å². The molecule has 0 unspecified atom stereocenters. The number of rotatable bonds is 2. The highest BCUT2D eigenvalue weighted by Crippen LogP contribution is 2.13. The molecule has 1 amide bonds. The molecule has 0 bridgehead atoms. The lowest BCUT2D eigenvalue weighted by atomic mass is 10.1. The predicted molar refractivity (Wildman–Crippen MR) is 65.4 cm³/mol. The van der Waals surface area contributed by atoms with Gasteiger partial charge in [0, 0.05) is 19.7 Å². The first-order chi connectivity index (χ1) is 8.29. The molecule has 4 nitrogen and oxygen atoms in total. The van der Waals surface area contributed by atoms with Gasteiger partial charge in [0.25, 0.3) is 0 Å². The Balaban J connectivity index is 2.03. The lowest BCUT2D eigenvalue weighted by molar-refractivity contribution is -0.132. The van der Waals surface area contributed by atoms with Crippen molar-refractivity contribution in [3.63, 3.8) is 0 Å². The van der Waals surface area contributed by atoms with E-state index in [2.05, 4.69) is 0 Å². The molecule has 1 saturated heterocycles. The van der Waals surface area contributed by atoms with Crippen LogP contribution in [0.25, 0.3) is 0 Å². The monoisotopic (exact) mass is 234 g/mol. The fourth-order valence-electron chi connectivity index (χ4n) is 1.97. The van der Waals surface area contributed by atoms with Crippen LogP contribution in [0.5, 0.6) is 0 Å². The molecule has 0 radical (unpaired) electrons. The van der Waals surface area contributed by atoms with Crippen molar-refractivity contribution in [3.05, 3.63) is 35.9 Å². The highest BCUT2D eigenvalue weighted by molar-refractivity contribution is 5.83. The summed E-state index contributed by atoms with van der Waals surface area (Å²) in [6, 6.07) is 8.92. The Hall–Kier alpha value is -1.39. The molecule has 1 aromatic rings. The lowest BCUT2D eigenvalue weighted by Crippen LogP contribution is -2.39. The van der Waals surface area contributed by atoms with Crippen LogP contribution in [-0.4, -0.2) is 37.1 Å². The Morgan fingerprint density at radius 3 is 2.76 bits per heavy atom. The van der Waals surface area contributed by atoms with Gasteiger partial charge in [0.15, 0.2) is 0 Å². The van der Waals surface area contributed by atoms with Crippen molar-refractivity contribution in [1.29, 1.82) is 0 Å². The number of benzene rings is 1. The summed E-state index contributed by atoms with van der Waals surface area (Å²) in [5.41, 5.74) is 6.85. The molecular formula is C13H18N2O2. The summed E-state index contributed by atoms with van der Waals surface area (Å²) in [7, 11) is 0. The Morgan fingerprint density at radius 1 is 1.24 bits per heavy atom. The standard InChI is InChI=1S/C13H18N2O2/c14-12(11-5-2-1-3-6-11)13(16)15-7-4-9-17-10-8-15/h1-3,5-6,12H,4,7-10,14H2/t12-/m1/s1. The average Bonchev–Trinajstić information content (AvgIpc) is 2.67. The van der Waals surface area contributed by atoms with Gasteiger partial charge in [-0.25, -0.2) is 0 Å². The summed E-state index contributed by atoms with van der Waals surface area (Å²) in [6.45, 7) is 2.70. The van der Waals surface area contributed by atoms with E-state index >= 15 is 0 Å². The van der Waals surface area contributed by atoms with E-state index in [1.54, 1.807) is 4.90 Å².